The van der Waals surface area contributed by atoms with Gasteiger partial charge in [0.05, 0.1) is 5.69 Å². The van der Waals surface area contributed by atoms with E-state index in [4.69, 9.17) is 5.26 Å². The highest BCUT2D eigenvalue weighted by atomic mass is 14.7. The summed E-state index contributed by atoms with van der Waals surface area (Å²) in [5.74, 6) is 0. The van der Waals surface area contributed by atoms with Crippen molar-refractivity contribution in [3.8, 4) is 6.07 Å². The Morgan fingerprint density at radius 1 is 1.00 bits per heavy atom. The summed E-state index contributed by atoms with van der Waals surface area (Å²) in [6.07, 6.45) is 0. The number of aliphatic imine (C=N–C) groups is 1. The van der Waals surface area contributed by atoms with Gasteiger partial charge < -0.3 is 0 Å². The average Bonchev–Trinajstić information content (AvgIpc) is 2.39. The van der Waals surface area contributed by atoms with Gasteiger partial charge in [0, 0.05) is 5.56 Å². The summed E-state index contributed by atoms with van der Waals surface area (Å²) < 4.78 is 0. The minimum atomic E-state index is 0.444. The summed E-state index contributed by atoms with van der Waals surface area (Å²) in [7, 11) is 0. The summed E-state index contributed by atoms with van der Waals surface area (Å²) in [5, 5.41) is 9.15. The van der Waals surface area contributed by atoms with Crippen LogP contribution in [0.4, 0.5) is 5.69 Å². The van der Waals surface area contributed by atoms with Gasteiger partial charge >= 0.3 is 0 Å². The highest BCUT2D eigenvalue weighted by Crippen LogP contribution is 2.18. The number of nitrogens with zero attached hydrogens (tertiary/aromatic N) is 2. The lowest BCUT2D eigenvalue weighted by atomic mass is 10.1. The lowest BCUT2D eigenvalue weighted by molar-refractivity contribution is 1.39. The van der Waals surface area contributed by atoms with Gasteiger partial charge in [0.2, 0.25) is 0 Å². The van der Waals surface area contributed by atoms with Crippen molar-refractivity contribution in [2.24, 2.45) is 4.99 Å². The van der Waals surface area contributed by atoms with Crippen LogP contribution in [0, 0.1) is 18.3 Å². The smallest absolute Gasteiger partial charge is 0.148 e. The van der Waals surface area contributed by atoms with E-state index in [1.165, 1.54) is 0 Å². The molecule has 0 fully saturated rings. The summed E-state index contributed by atoms with van der Waals surface area (Å²) in [4.78, 5) is 4.40. The molecule has 2 aromatic carbocycles. The molecule has 0 radical (unpaired) electrons. The van der Waals surface area contributed by atoms with Gasteiger partial charge in [-0.3, -0.25) is 0 Å². The number of benzene rings is 2. The molecule has 0 amide bonds. The van der Waals surface area contributed by atoms with Gasteiger partial charge in [-0.2, -0.15) is 5.26 Å². The third-order valence-electron chi connectivity index (χ3n) is 2.50. The van der Waals surface area contributed by atoms with Gasteiger partial charge in [0.1, 0.15) is 11.8 Å². The Bertz CT molecular complexity index is 577. The van der Waals surface area contributed by atoms with Gasteiger partial charge in [-0.25, -0.2) is 4.99 Å². The Morgan fingerprint density at radius 3 is 2.29 bits per heavy atom. The third kappa shape index (κ3) is 2.59. The summed E-state index contributed by atoms with van der Waals surface area (Å²) in [5.41, 5.74) is 3.20. The molecule has 2 nitrogen and oxygen atoms in total. The van der Waals surface area contributed by atoms with Crippen molar-refractivity contribution < 1.29 is 0 Å². The Kier molecular flexibility index (Phi) is 3.32. The lowest BCUT2D eigenvalue weighted by Crippen LogP contribution is -1.96. The second-order valence-corrected chi connectivity index (χ2v) is 3.72. The zero-order valence-electron chi connectivity index (χ0n) is 9.59. The lowest BCUT2D eigenvalue weighted by Gasteiger charge is -2.01. The van der Waals surface area contributed by atoms with E-state index < -0.39 is 0 Å². The molecule has 2 heteroatoms. The van der Waals surface area contributed by atoms with Crippen molar-refractivity contribution in [3.63, 3.8) is 0 Å². The molecule has 0 aromatic heterocycles. The number of rotatable bonds is 2. The average molecular weight is 220 g/mol. The van der Waals surface area contributed by atoms with E-state index in [0.717, 1.165) is 16.8 Å². The maximum Gasteiger partial charge on any atom is 0.148 e. The van der Waals surface area contributed by atoms with E-state index in [1.807, 2.05) is 61.5 Å². The SMILES string of the molecule is Cc1ccccc1/N=C(\C#N)c1ccccc1. The molecule has 0 bridgehead atoms. The Labute approximate surface area is 101 Å². The number of nitriles is 1. The van der Waals surface area contributed by atoms with Crippen LogP contribution in [-0.4, -0.2) is 5.71 Å². The van der Waals surface area contributed by atoms with E-state index >= 15 is 0 Å². The molecule has 0 unspecified atom stereocenters. The highest BCUT2D eigenvalue weighted by Gasteiger charge is 2.02. The van der Waals surface area contributed by atoms with Crippen LogP contribution < -0.4 is 0 Å². The molecule has 0 aliphatic rings. The van der Waals surface area contributed by atoms with Gasteiger partial charge in [-0.15, -0.1) is 0 Å². The van der Waals surface area contributed by atoms with Gasteiger partial charge in [0.25, 0.3) is 0 Å². The molecule has 0 atom stereocenters. The molecular formula is C15H12N2. The summed E-state index contributed by atoms with van der Waals surface area (Å²) in [6, 6.07) is 19.4. The zero-order chi connectivity index (χ0) is 12.1. The number of hydrogen-bond acceptors (Lipinski definition) is 2. The quantitative estimate of drug-likeness (QED) is 0.712. The highest BCUT2D eigenvalue weighted by molar-refractivity contribution is 6.12. The molecule has 2 rings (SSSR count). The molecule has 0 N–H and O–H groups in total. The van der Waals surface area contributed by atoms with E-state index in [9.17, 15) is 0 Å². The first-order chi connectivity index (χ1) is 8.31. The van der Waals surface area contributed by atoms with Gasteiger partial charge in [0.15, 0.2) is 0 Å². The molecule has 0 saturated carbocycles. The van der Waals surface area contributed by atoms with Crippen molar-refractivity contribution in [1.29, 1.82) is 5.26 Å². The van der Waals surface area contributed by atoms with Crippen molar-refractivity contribution in [3.05, 3.63) is 65.7 Å². The van der Waals surface area contributed by atoms with Crippen LogP contribution in [0.5, 0.6) is 0 Å². The molecule has 0 heterocycles. The van der Waals surface area contributed by atoms with Crippen molar-refractivity contribution >= 4 is 11.4 Å². The first-order valence-corrected chi connectivity index (χ1v) is 5.41. The predicted molar refractivity (Wildman–Crippen MR) is 69.4 cm³/mol. The van der Waals surface area contributed by atoms with Crippen molar-refractivity contribution in [2.75, 3.05) is 0 Å². The number of hydrogen-bond donors (Lipinski definition) is 0. The minimum absolute atomic E-state index is 0.444. The molecule has 2 aromatic rings. The van der Waals surface area contributed by atoms with Crippen LogP contribution in [0.15, 0.2) is 59.6 Å². The van der Waals surface area contributed by atoms with E-state index in [2.05, 4.69) is 11.1 Å². The summed E-state index contributed by atoms with van der Waals surface area (Å²) >= 11 is 0. The van der Waals surface area contributed by atoms with Gasteiger partial charge in [-0.05, 0) is 18.6 Å². The van der Waals surface area contributed by atoms with Crippen LogP contribution in [0.2, 0.25) is 0 Å². The minimum Gasteiger partial charge on any atom is -0.237 e. The second kappa shape index (κ2) is 5.09. The third-order valence-corrected chi connectivity index (χ3v) is 2.50. The second-order valence-electron chi connectivity index (χ2n) is 3.72. The zero-order valence-corrected chi connectivity index (χ0v) is 9.59. The first-order valence-electron chi connectivity index (χ1n) is 5.41. The number of aryl methyl sites for hydroxylation is 1. The fourth-order valence-corrected chi connectivity index (χ4v) is 1.56. The molecular weight excluding hydrogens is 208 g/mol. The van der Waals surface area contributed by atoms with Crippen molar-refractivity contribution in [1.82, 2.24) is 0 Å². The fourth-order valence-electron chi connectivity index (χ4n) is 1.56. The molecule has 0 spiro atoms. The normalized spacial score (nSPS) is 10.9. The predicted octanol–water partition coefficient (Wildman–Crippen LogP) is 3.64. The fraction of sp³-hybridized carbons (Fsp3) is 0.0667. The number of para-hydroxylation sites is 1. The molecule has 82 valence electrons. The van der Waals surface area contributed by atoms with Crippen LogP contribution in [0.25, 0.3) is 0 Å². The maximum absolute atomic E-state index is 9.15. The topological polar surface area (TPSA) is 36.1 Å². The maximum atomic E-state index is 9.15. The monoisotopic (exact) mass is 220 g/mol. The van der Waals surface area contributed by atoms with Crippen molar-refractivity contribution in [2.45, 2.75) is 6.92 Å². The molecule has 0 saturated heterocycles. The molecule has 17 heavy (non-hydrogen) atoms. The molecule has 0 aliphatic heterocycles. The standard InChI is InChI=1S/C15H12N2/c1-12-7-5-6-10-14(12)17-15(11-16)13-8-3-2-4-9-13/h2-10H,1H3/b17-15+. The van der Waals surface area contributed by atoms with E-state index in [0.29, 0.717) is 5.71 Å². The van der Waals surface area contributed by atoms with Crippen LogP contribution in [-0.2, 0) is 0 Å². The van der Waals surface area contributed by atoms with E-state index in [1.54, 1.807) is 0 Å². The van der Waals surface area contributed by atoms with Crippen LogP contribution >= 0.6 is 0 Å². The van der Waals surface area contributed by atoms with E-state index in [-0.39, 0.29) is 0 Å². The summed E-state index contributed by atoms with van der Waals surface area (Å²) in [6.45, 7) is 1.98. The Morgan fingerprint density at radius 2 is 1.65 bits per heavy atom. The van der Waals surface area contributed by atoms with Crippen LogP contribution in [0.1, 0.15) is 11.1 Å². The van der Waals surface area contributed by atoms with Gasteiger partial charge in [-0.1, -0.05) is 48.5 Å². The largest absolute Gasteiger partial charge is 0.237 e. The Hall–Kier alpha value is -2.40. The Balaban J connectivity index is 2.45. The van der Waals surface area contributed by atoms with Crippen LogP contribution in [0.3, 0.4) is 0 Å². The first kappa shape index (κ1) is 11.1. The molecule has 0 aliphatic carbocycles.